The maximum atomic E-state index is 6.38. The molecular formula is C18H33NO. The average molecular weight is 279 g/mol. The van der Waals surface area contributed by atoms with Gasteiger partial charge in [-0.25, -0.2) is 0 Å². The van der Waals surface area contributed by atoms with Crippen LogP contribution in [0, 0.1) is 5.92 Å². The monoisotopic (exact) mass is 279 g/mol. The van der Waals surface area contributed by atoms with Crippen LogP contribution < -0.4 is 5.32 Å². The minimum Gasteiger partial charge on any atom is -0.371 e. The van der Waals surface area contributed by atoms with E-state index in [2.05, 4.69) is 31.3 Å². The molecule has 0 aromatic carbocycles. The van der Waals surface area contributed by atoms with Gasteiger partial charge in [-0.3, -0.25) is 0 Å². The van der Waals surface area contributed by atoms with Crippen molar-refractivity contribution in [3.05, 3.63) is 12.2 Å². The van der Waals surface area contributed by atoms with E-state index in [0.29, 0.717) is 6.10 Å². The van der Waals surface area contributed by atoms with Gasteiger partial charge in [-0.1, -0.05) is 45.3 Å². The zero-order chi connectivity index (χ0) is 14.3. The second-order valence-corrected chi connectivity index (χ2v) is 7.12. The van der Waals surface area contributed by atoms with Crippen molar-refractivity contribution in [3.8, 4) is 0 Å². The smallest absolute Gasteiger partial charge is 0.0687 e. The van der Waals surface area contributed by atoms with E-state index in [1.165, 1.54) is 44.9 Å². The molecule has 1 atom stereocenters. The molecule has 1 aliphatic heterocycles. The van der Waals surface area contributed by atoms with Crippen molar-refractivity contribution >= 4 is 0 Å². The molecule has 1 saturated heterocycles. The summed E-state index contributed by atoms with van der Waals surface area (Å²) in [6.45, 7) is 6.73. The summed E-state index contributed by atoms with van der Waals surface area (Å²) in [4.78, 5) is 0. The van der Waals surface area contributed by atoms with Crippen LogP contribution in [0.4, 0.5) is 0 Å². The van der Waals surface area contributed by atoms with Crippen LogP contribution in [0.5, 0.6) is 0 Å². The van der Waals surface area contributed by atoms with E-state index in [1.807, 2.05) is 0 Å². The molecule has 2 nitrogen and oxygen atoms in total. The Hall–Kier alpha value is -0.340. The van der Waals surface area contributed by atoms with Crippen LogP contribution in [-0.4, -0.2) is 24.8 Å². The Kier molecular flexibility index (Phi) is 6.57. The van der Waals surface area contributed by atoms with E-state index in [1.54, 1.807) is 0 Å². The molecule has 1 unspecified atom stereocenters. The van der Waals surface area contributed by atoms with Crippen LogP contribution in [0.1, 0.15) is 71.6 Å². The van der Waals surface area contributed by atoms with Gasteiger partial charge < -0.3 is 10.1 Å². The summed E-state index contributed by atoms with van der Waals surface area (Å²) in [5.41, 5.74) is 0.287. The Labute approximate surface area is 125 Å². The largest absolute Gasteiger partial charge is 0.371 e. The van der Waals surface area contributed by atoms with Gasteiger partial charge in [0.2, 0.25) is 0 Å². The van der Waals surface area contributed by atoms with Gasteiger partial charge in [0.05, 0.1) is 11.7 Å². The highest BCUT2D eigenvalue weighted by molar-refractivity contribution is 4.94. The predicted octanol–water partition coefficient (Wildman–Crippen LogP) is 4.45. The zero-order valence-corrected chi connectivity index (χ0v) is 13.5. The second-order valence-electron chi connectivity index (χ2n) is 7.12. The summed E-state index contributed by atoms with van der Waals surface area (Å²) in [7, 11) is 0. The quantitative estimate of drug-likeness (QED) is 0.549. The third kappa shape index (κ3) is 5.21. The molecule has 0 bridgehead atoms. The van der Waals surface area contributed by atoms with E-state index >= 15 is 0 Å². The van der Waals surface area contributed by atoms with Crippen molar-refractivity contribution in [2.45, 2.75) is 83.3 Å². The van der Waals surface area contributed by atoms with Crippen molar-refractivity contribution in [1.82, 2.24) is 5.32 Å². The second kappa shape index (κ2) is 8.19. The molecule has 2 heteroatoms. The summed E-state index contributed by atoms with van der Waals surface area (Å²) < 4.78 is 6.38. The first-order chi connectivity index (χ1) is 9.70. The maximum absolute atomic E-state index is 6.38. The first-order valence-electron chi connectivity index (χ1n) is 8.74. The first-order valence-corrected chi connectivity index (χ1v) is 8.74. The number of hydrogen-bond donors (Lipinski definition) is 1. The number of rotatable bonds is 7. The van der Waals surface area contributed by atoms with Crippen LogP contribution in [0.25, 0.3) is 0 Å². The van der Waals surface area contributed by atoms with Crippen LogP contribution in [0.15, 0.2) is 12.2 Å². The Morgan fingerprint density at radius 2 is 1.95 bits per heavy atom. The molecule has 2 rings (SSSR count). The Morgan fingerprint density at radius 1 is 1.15 bits per heavy atom. The summed E-state index contributed by atoms with van der Waals surface area (Å²) in [6, 6.07) is 0. The lowest BCUT2D eigenvalue weighted by atomic mass is 9.83. The maximum Gasteiger partial charge on any atom is 0.0687 e. The van der Waals surface area contributed by atoms with E-state index in [-0.39, 0.29) is 5.60 Å². The van der Waals surface area contributed by atoms with Crippen LogP contribution in [0.2, 0.25) is 0 Å². The molecule has 2 aliphatic rings. The number of hydrogen-bond acceptors (Lipinski definition) is 2. The molecule has 2 fully saturated rings. The average Bonchev–Trinajstić information content (AvgIpc) is 2.81. The summed E-state index contributed by atoms with van der Waals surface area (Å²) in [6.07, 6.45) is 16.8. The van der Waals surface area contributed by atoms with Crippen LogP contribution in [0.3, 0.4) is 0 Å². The van der Waals surface area contributed by atoms with Gasteiger partial charge in [0.1, 0.15) is 0 Å². The predicted molar refractivity (Wildman–Crippen MR) is 86.0 cm³/mol. The third-order valence-electron chi connectivity index (χ3n) is 4.71. The fraction of sp³-hybridized carbons (Fsp3) is 0.889. The van der Waals surface area contributed by atoms with Gasteiger partial charge in [-0.15, -0.1) is 0 Å². The highest BCUT2D eigenvalue weighted by atomic mass is 16.5. The lowest BCUT2D eigenvalue weighted by molar-refractivity contribution is -0.0620. The molecule has 0 radical (unpaired) electrons. The Bertz CT molecular complexity index is 292. The van der Waals surface area contributed by atoms with Crippen molar-refractivity contribution < 1.29 is 4.74 Å². The molecule has 1 aliphatic carbocycles. The fourth-order valence-corrected chi connectivity index (χ4v) is 3.57. The molecule has 0 aromatic rings. The first kappa shape index (κ1) is 16.0. The normalized spacial score (nSPS) is 26.1. The third-order valence-corrected chi connectivity index (χ3v) is 4.71. The van der Waals surface area contributed by atoms with Gasteiger partial charge in [-0.05, 0) is 57.5 Å². The van der Waals surface area contributed by atoms with E-state index < -0.39 is 0 Å². The van der Waals surface area contributed by atoms with Gasteiger partial charge in [0, 0.05) is 0 Å². The number of nitrogens with one attached hydrogen (secondary N) is 1. The fourth-order valence-electron chi connectivity index (χ4n) is 3.57. The van der Waals surface area contributed by atoms with Crippen molar-refractivity contribution in [3.63, 3.8) is 0 Å². The SMILES string of the molecule is CC(C)CNCC/C=C/CC1CCC2(CCCCC2)O1. The van der Waals surface area contributed by atoms with Gasteiger partial charge in [-0.2, -0.15) is 0 Å². The standard InChI is InChI=1S/C18H33NO/c1-16(2)15-19-14-8-3-5-9-17-10-13-18(20-17)11-6-4-7-12-18/h3,5,16-17,19H,4,6-15H2,1-2H3/b5-3+. The molecule has 116 valence electrons. The zero-order valence-electron chi connectivity index (χ0n) is 13.5. The Morgan fingerprint density at radius 3 is 2.70 bits per heavy atom. The lowest BCUT2D eigenvalue weighted by Gasteiger charge is -2.33. The molecule has 20 heavy (non-hydrogen) atoms. The minimum absolute atomic E-state index is 0.287. The summed E-state index contributed by atoms with van der Waals surface area (Å²) >= 11 is 0. The van der Waals surface area contributed by atoms with Crippen molar-refractivity contribution in [2.75, 3.05) is 13.1 Å². The molecule has 1 spiro atoms. The molecule has 0 aromatic heterocycles. The van der Waals surface area contributed by atoms with Gasteiger partial charge in [0.15, 0.2) is 0 Å². The highest BCUT2D eigenvalue weighted by Crippen LogP contribution is 2.42. The summed E-state index contributed by atoms with van der Waals surface area (Å²) in [5.74, 6) is 0.748. The van der Waals surface area contributed by atoms with Crippen molar-refractivity contribution in [2.24, 2.45) is 5.92 Å². The van der Waals surface area contributed by atoms with E-state index in [9.17, 15) is 0 Å². The topological polar surface area (TPSA) is 21.3 Å². The van der Waals surface area contributed by atoms with Gasteiger partial charge >= 0.3 is 0 Å². The number of ether oxygens (including phenoxy) is 1. The van der Waals surface area contributed by atoms with Crippen LogP contribution >= 0.6 is 0 Å². The van der Waals surface area contributed by atoms with Crippen LogP contribution in [-0.2, 0) is 4.74 Å². The molecular weight excluding hydrogens is 246 g/mol. The highest BCUT2D eigenvalue weighted by Gasteiger charge is 2.40. The van der Waals surface area contributed by atoms with E-state index in [0.717, 1.165) is 31.8 Å². The minimum atomic E-state index is 0.287. The van der Waals surface area contributed by atoms with E-state index in [4.69, 9.17) is 4.74 Å². The Balaban J connectivity index is 1.56. The van der Waals surface area contributed by atoms with Gasteiger partial charge in [0.25, 0.3) is 0 Å². The molecule has 1 saturated carbocycles. The molecule has 0 amide bonds. The molecule has 1 heterocycles. The van der Waals surface area contributed by atoms with Crippen molar-refractivity contribution in [1.29, 1.82) is 0 Å². The molecule has 1 N–H and O–H groups in total. The lowest BCUT2D eigenvalue weighted by Crippen LogP contribution is -2.31. The summed E-state index contributed by atoms with van der Waals surface area (Å²) in [5, 5.41) is 3.48.